The summed E-state index contributed by atoms with van der Waals surface area (Å²) < 4.78 is 6.94. The van der Waals surface area contributed by atoms with Gasteiger partial charge in [0.1, 0.15) is 0 Å². The number of ketones is 1. The molecule has 2 heterocycles. The molecule has 0 radical (unpaired) electrons. The molecule has 1 atom stereocenters. The van der Waals surface area contributed by atoms with Gasteiger partial charge in [-0.05, 0) is 6.42 Å². The van der Waals surface area contributed by atoms with E-state index in [2.05, 4.69) is 4.98 Å². The minimum absolute atomic E-state index is 0.0994. The fourth-order valence-electron chi connectivity index (χ4n) is 1.48. The van der Waals surface area contributed by atoms with Crippen molar-refractivity contribution >= 4 is 5.78 Å². The Hall–Kier alpha value is -1.16. The molecule has 13 heavy (non-hydrogen) atoms. The van der Waals surface area contributed by atoms with E-state index in [1.54, 1.807) is 23.3 Å². The van der Waals surface area contributed by atoms with Crippen molar-refractivity contribution < 1.29 is 9.53 Å². The van der Waals surface area contributed by atoms with Gasteiger partial charge >= 0.3 is 0 Å². The van der Waals surface area contributed by atoms with Crippen LogP contribution in [0.1, 0.15) is 6.42 Å². The molecule has 0 spiro atoms. The number of rotatable bonds is 3. The van der Waals surface area contributed by atoms with E-state index >= 15 is 0 Å². The molecule has 1 unspecified atom stereocenters. The first-order valence-electron chi connectivity index (χ1n) is 4.42. The van der Waals surface area contributed by atoms with Gasteiger partial charge in [-0.25, -0.2) is 4.98 Å². The lowest BCUT2D eigenvalue weighted by Gasteiger charge is -2.06. The van der Waals surface area contributed by atoms with E-state index in [0.717, 1.165) is 13.0 Å². The Morgan fingerprint density at radius 2 is 2.62 bits per heavy atom. The third-order valence-corrected chi connectivity index (χ3v) is 2.28. The van der Waals surface area contributed by atoms with Crippen molar-refractivity contribution in [1.82, 2.24) is 9.55 Å². The molecule has 0 bridgehead atoms. The predicted molar refractivity (Wildman–Crippen MR) is 46.2 cm³/mol. The number of Topliss-reactive ketones (excluding diaryl/α,β-unsaturated/α-hetero) is 1. The summed E-state index contributed by atoms with van der Waals surface area (Å²) >= 11 is 0. The predicted octanol–water partition coefficient (Wildman–Crippen LogP) is 0.489. The fourth-order valence-corrected chi connectivity index (χ4v) is 1.48. The van der Waals surface area contributed by atoms with Gasteiger partial charge in [0.15, 0.2) is 5.78 Å². The smallest absolute Gasteiger partial charge is 0.157 e. The van der Waals surface area contributed by atoms with Gasteiger partial charge < -0.3 is 9.30 Å². The summed E-state index contributed by atoms with van der Waals surface area (Å²) in [6, 6.07) is 0. The van der Waals surface area contributed by atoms with E-state index in [9.17, 15) is 4.79 Å². The van der Waals surface area contributed by atoms with Gasteiger partial charge in [-0.2, -0.15) is 0 Å². The first-order chi connectivity index (χ1) is 6.36. The molecule has 4 nitrogen and oxygen atoms in total. The highest BCUT2D eigenvalue weighted by Gasteiger charge is 2.23. The molecule has 0 N–H and O–H groups in total. The Morgan fingerprint density at radius 3 is 3.23 bits per heavy atom. The van der Waals surface area contributed by atoms with Crippen molar-refractivity contribution in [3.8, 4) is 0 Å². The second kappa shape index (κ2) is 3.70. The van der Waals surface area contributed by atoms with Crippen LogP contribution in [0.5, 0.6) is 0 Å². The van der Waals surface area contributed by atoms with Gasteiger partial charge in [-0.3, -0.25) is 4.79 Å². The molecule has 70 valence electrons. The number of nitrogens with zero attached hydrogens (tertiary/aromatic N) is 2. The van der Waals surface area contributed by atoms with E-state index in [4.69, 9.17) is 4.74 Å². The topological polar surface area (TPSA) is 44.1 Å². The van der Waals surface area contributed by atoms with Crippen LogP contribution in [0.25, 0.3) is 0 Å². The average molecular weight is 180 g/mol. The molecule has 0 amide bonds. The molecule has 1 aliphatic heterocycles. The Labute approximate surface area is 76.5 Å². The van der Waals surface area contributed by atoms with Crippen molar-refractivity contribution in [2.45, 2.75) is 13.0 Å². The molecule has 1 aromatic rings. The first-order valence-corrected chi connectivity index (χ1v) is 4.42. The molecule has 0 aliphatic carbocycles. The van der Waals surface area contributed by atoms with Crippen LogP contribution in [0.3, 0.4) is 0 Å². The standard InChI is InChI=1S/C9H12N2O2/c12-9(8-1-4-13-6-8)5-11-3-2-10-7-11/h2-3,7-8H,1,4-6H2. The molecule has 1 saturated heterocycles. The Balaban J connectivity index is 1.91. The average Bonchev–Trinajstić information content (AvgIpc) is 2.74. The quantitative estimate of drug-likeness (QED) is 0.680. The van der Waals surface area contributed by atoms with E-state index in [1.165, 1.54) is 0 Å². The third-order valence-electron chi connectivity index (χ3n) is 2.28. The van der Waals surface area contributed by atoms with Crippen LogP contribution in [-0.2, 0) is 16.1 Å². The maximum atomic E-state index is 11.6. The Bertz CT molecular complexity index is 276. The number of imidazole rings is 1. The number of ether oxygens (including phenoxy) is 1. The molecule has 0 saturated carbocycles. The monoisotopic (exact) mass is 180 g/mol. The number of hydrogen-bond acceptors (Lipinski definition) is 3. The van der Waals surface area contributed by atoms with E-state index in [1.807, 2.05) is 0 Å². The van der Waals surface area contributed by atoms with Gasteiger partial charge in [0, 0.05) is 24.9 Å². The summed E-state index contributed by atoms with van der Waals surface area (Å²) in [5.74, 6) is 0.345. The van der Waals surface area contributed by atoms with Crippen LogP contribution in [0.2, 0.25) is 0 Å². The Kier molecular flexibility index (Phi) is 2.40. The molecule has 1 fully saturated rings. The zero-order valence-electron chi connectivity index (χ0n) is 7.35. The minimum atomic E-state index is 0.0994. The summed E-state index contributed by atoms with van der Waals surface area (Å²) in [7, 11) is 0. The SMILES string of the molecule is O=C(Cn1ccnc1)C1CCOC1. The van der Waals surface area contributed by atoms with Gasteiger partial charge in [-0.1, -0.05) is 0 Å². The van der Waals surface area contributed by atoms with E-state index in [0.29, 0.717) is 13.2 Å². The zero-order chi connectivity index (χ0) is 9.10. The highest BCUT2D eigenvalue weighted by atomic mass is 16.5. The number of carbonyl (C=O) groups is 1. The second-order valence-corrected chi connectivity index (χ2v) is 3.26. The molecule has 4 heteroatoms. The summed E-state index contributed by atoms with van der Waals surface area (Å²) in [5.41, 5.74) is 0. The third kappa shape index (κ3) is 1.95. The zero-order valence-corrected chi connectivity index (χ0v) is 7.35. The molecule has 0 aromatic carbocycles. The van der Waals surface area contributed by atoms with Crippen molar-refractivity contribution in [2.75, 3.05) is 13.2 Å². The van der Waals surface area contributed by atoms with Crippen LogP contribution < -0.4 is 0 Å². The van der Waals surface area contributed by atoms with Gasteiger partial charge in [0.25, 0.3) is 0 Å². The molecule has 2 rings (SSSR count). The largest absolute Gasteiger partial charge is 0.381 e. The summed E-state index contributed by atoms with van der Waals surface area (Å²) in [5, 5.41) is 0. The van der Waals surface area contributed by atoms with Crippen LogP contribution in [-0.4, -0.2) is 28.5 Å². The number of hydrogen-bond donors (Lipinski definition) is 0. The summed E-state index contributed by atoms with van der Waals surface area (Å²) in [4.78, 5) is 15.5. The lowest BCUT2D eigenvalue weighted by atomic mass is 10.0. The highest BCUT2D eigenvalue weighted by Crippen LogP contribution is 2.13. The number of aromatic nitrogens is 2. The maximum absolute atomic E-state index is 11.6. The van der Waals surface area contributed by atoms with E-state index in [-0.39, 0.29) is 11.7 Å². The van der Waals surface area contributed by atoms with Crippen molar-refractivity contribution in [3.63, 3.8) is 0 Å². The maximum Gasteiger partial charge on any atom is 0.157 e. The van der Waals surface area contributed by atoms with Crippen LogP contribution in [0.4, 0.5) is 0 Å². The molecular weight excluding hydrogens is 168 g/mol. The normalized spacial score (nSPS) is 22.0. The van der Waals surface area contributed by atoms with E-state index < -0.39 is 0 Å². The van der Waals surface area contributed by atoms with Gasteiger partial charge in [0.05, 0.1) is 19.5 Å². The van der Waals surface area contributed by atoms with Gasteiger partial charge in [0.2, 0.25) is 0 Å². The Morgan fingerprint density at radius 1 is 1.69 bits per heavy atom. The van der Waals surface area contributed by atoms with Crippen LogP contribution in [0, 0.1) is 5.92 Å². The molecule has 1 aromatic heterocycles. The summed E-state index contributed by atoms with van der Waals surface area (Å²) in [6.45, 7) is 1.74. The molecule has 1 aliphatic rings. The summed E-state index contributed by atoms with van der Waals surface area (Å²) in [6.07, 6.45) is 6.01. The lowest BCUT2D eigenvalue weighted by Crippen LogP contribution is -2.19. The second-order valence-electron chi connectivity index (χ2n) is 3.26. The van der Waals surface area contributed by atoms with Crippen molar-refractivity contribution in [1.29, 1.82) is 0 Å². The van der Waals surface area contributed by atoms with Crippen LogP contribution in [0.15, 0.2) is 18.7 Å². The van der Waals surface area contributed by atoms with Crippen molar-refractivity contribution in [3.05, 3.63) is 18.7 Å². The van der Waals surface area contributed by atoms with Gasteiger partial charge in [-0.15, -0.1) is 0 Å². The number of carbonyl (C=O) groups excluding carboxylic acids is 1. The van der Waals surface area contributed by atoms with Crippen molar-refractivity contribution in [2.24, 2.45) is 5.92 Å². The van der Waals surface area contributed by atoms with Crippen LogP contribution >= 0.6 is 0 Å². The fraction of sp³-hybridized carbons (Fsp3) is 0.556. The lowest BCUT2D eigenvalue weighted by molar-refractivity contribution is -0.123. The first kappa shape index (κ1) is 8.44. The molecular formula is C9H12N2O2. The minimum Gasteiger partial charge on any atom is -0.381 e. The highest BCUT2D eigenvalue weighted by molar-refractivity contribution is 5.81.